The molecule has 15 heavy (non-hydrogen) atoms. The zero-order chi connectivity index (χ0) is 9.97. The summed E-state index contributed by atoms with van der Waals surface area (Å²) in [7, 11) is 0. The summed E-state index contributed by atoms with van der Waals surface area (Å²) in [5, 5.41) is 3.19. The molecule has 1 aliphatic heterocycles. The van der Waals surface area contributed by atoms with Crippen LogP contribution in [0.15, 0.2) is 24.3 Å². The first kappa shape index (κ1) is 11.9. The van der Waals surface area contributed by atoms with Crippen LogP contribution in [0.25, 0.3) is 0 Å². The van der Waals surface area contributed by atoms with Crippen molar-refractivity contribution in [2.75, 3.05) is 18.5 Å². The molecule has 0 saturated heterocycles. The number of fused-ring (bicyclic) bond motifs is 1. The van der Waals surface area contributed by atoms with Crippen molar-refractivity contribution in [3.63, 3.8) is 0 Å². The van der Waals surface area contributed by atoms with Gasteiger partial charge in [0.05, 0.1) is 6.61 Å². The topological polar surface area (TPSA) is 38.3 Å². The lowest BCUT2D eigenvalue weighted by atomic mass is 10.0. The number of benzene rings is 1. The molecule has 0 fully saturated rings. The lowest BCUT2D eigenvalue weighted by Gasteiger charge is -2.08. The molecule has 0 aromatic heterocycles. The molecule has 82 valence electrons. The predicted molar refractivity (Wildman–Crippen MR) is 61.6 cm³/mol. The molecule has 1 aromatic carbocycles. The van der Waals surface area contributed by atoms with E-state index in [9.17, 15) is 4.79 Å². The summed E-state index contributed by atoms with van der Waals surface area (Å²) in [4.78, 5) is 11.5. The van der Waals surface area contributed by atoms with Gasteiger partial charge in [-0.1, -0.05) is 18.2 Å². The first-order valence-electron chi connectivity index (χ1n) is 4.82. The summed E-state index contributed by atoms with van der Waals surface area (Å²) < 4.78 is 5.00. The van der Waals surface area contributed by atoms with Crippen LogP contribution in [0.5, 0.6) is 0 Å². The second-order valence-corrected chi connectivity index (χ2v) is 3.27. The Morgan fingerprint density at radius 1 is 1.53 bits per heavy atom. The summed E-state index contributed by atoms with van der Waals surface area (Å²) in [5.41, 5.74) is 2.09. The van der Waals surface area contributed by atoms with E-state index in [1.54, 1.807) is 0 Å². The fourth-order valence-corrected chi connectivity index (χ4v) is 1.74. The van der Waals surface area contributed by atoms with Crippen molar-refractivity contribution < 1.29 is 9.53 Å². The molecule has 0 spiro atoms. The molecule has 0 radical (unpaired) electrons. The van der Waals surface area contributed by atoms with Crippen LogP contribution in [0, 0.1) is 0 Å². The van der Waals surface area contributed by atoms with Crippen molar-refractivity contribution in [2.45, 2.75) is 12.8 Å². The zero-order valence-corrected chi connectivity index (χ0v) is 9.34. The molecule has 1 aliphatic rings. The summed E-state index contributed by atoms with van der Waals surface area (Å²) in [6, 6.07) is 7.85. The number of rotatable bonds is 2. The van der Waals surface area contributed by atoms with Crippen molar-refractivity contribution in [3.05, 3.63) is 29.8 Å². The van der Waals surface area contributed by atoms with E-state index in [4.69, 9.17) is 4.74 Å². The van der Waals surface area contributed by atoms with E-state index in [1.807, 2.05) is 31.2 Å². The Kier molecular flexibility index (Phi) is 3.97. The average molecular weight is 228 g/mol. The van der Waals surface area contributed by atoms with Gasteiger partial charge in [0.1, 0.15) is 5.92 Å². The Morgan fingerprint density at radius 2 is 2.27 bits per heavy atom. The van der Waals surface area contributed by atoms with Gasteiger partial charge in [-0.15, -0.1) is 12.4 Å². The van der Waals surface area contributed by atoms with E-state index in [-0.39, 0.29) is 24.3 Å². The van der Waals surface area contributed by atoms with Crippen LogP contribution < -0.4 is 5.32 Å². The molecule has 1 aromatic rings. The fourth-order valence-electron chi connectivity index (χ4n) is 1.74. The van der Waals surface area contributed by atoms with Crippen LogP contribution in [0.3, 0.4) is 0 Å². The van der Waals surface area contributed by atoms with Crippen molar-refractivity contribution in [2.24, 2.45) is 0 Å². The van der Waals surface area contributed by atoms with Crippen molar-refractivity contribution in [1.82, 2.24) is 0 Å². The molecule has 1 heterocycles. The minimum absolute atomic E-state index is 0. The van der Waals surface area contributed by atoms with Crippen LogP contribution in [-0.4, -0.2) is 19.1 Å². The Balaban J connectivity index is 0.00000112. The molecular formula is C11H14ClNO2. The van der Waals surface area contributed by atoms with E-state index < -0.39 is 0 Å². The number of carbonyl (C=O) groups excluding carboxylic acids is 1. The minimum Gasteiger partial charge on any atom is -0.465 e. The lowest BCUT2D eigenvalue weighted by molar-refractivity contribution is -0.144. The van der Waals surface area contributed by atoms with Crippen LogP contribution in [0.2, 0.25) is 0 Å². The van der Waals surface area contributed by atoms with Gasteiger partial charge in [0.2, 0.25) is 0 Å². The Hall–Kier alpha value is -1.22. The van der Waals surface area contributed by atoms with Gasteiger partial charge in [-0.2, -0.15) is 0 Å². The van der Waals surface area contributed by atoms with Gasteiger partial charge in [-0.3, -0.25) is 4.79 Å². The van der Waals surface area contributed by atoms with Gasteiger partial charge < -0.3 is 10.1 Å². The molecule has 0 amide bonds. The maximum Gasteiger partial charge on any atom is 0.315 e. The number of halogens is 1. The second kappa shape index (κ2) is 5.03. The Labute approximate surface area is 95.2 Å². The van der Waals surface area contributed by atoms with Crippen LogP contribution in [0.1, 0.15) is 18.4 Å². The normalized spacial score (nSPS) is 17.3. The van der Waals surface area contributed by atoms with Gasteiger partial charge >= 0.3 is 5.97 Å². The number of ether oxygens (including phenoxy) is 1. The van der Waals surface area contributed by atoms with Crippen LogP contribution >= 0.6 is 12.4 Å². The quantitative estimate of drug-likeness (QED) is 0.788. The lowest BCUT2D eigenvalue weighted by Crippen LogP contribution is -2.17. The first-order chi connectivity index (χ1) is 6.83. The largest absolute Gasteiger partial charge is 0.465 e. The highest BCUT2D eigenvalue weighted by molar-refractivity contribution is 5.85. The summed E-state index contributed by atoms with van der Waals surface area (Å²) in [6.07, 6.45) is 0. The monoisotopic (exact) mass is 227 g/mol. The van der Waals surface area contributed by atoms with Crippen molar-refractivity contribution in [1.29, 1.82) is 0 Å². The van der Waals surface area contributed by atoms with Gasteiger partial charge in [0.25, 0.3) is 0 Å². The molecule has 4 heteroatoms. The average Bonchev–Trinajstić information content (AvgIpc) is 2.61. The molecule has 1 unspecified atom stereocenters. The summed E-state index contributed by atoms with van der Waals surface area (Å²) in [5.74, 6) is -0.267. The molecule has 2 rings (SSSR count). The molecule has 1 N–H and O–H groups in total. The molecule has 0 bridgehead atoms. The Bertz CT molecular complexity index is 354. The third-order valence-electron chi connectivity index (χ3n) is 2.40. The maximum absolute atomic E-state index is 11.5. The van der Waals surface area contributed by atoms with Crippen molar-refractivity contribution in [3.8, 4) is 0 Å². The van der Waals surface area contributed by atoms with E-state index >= 15 is 0 Å². The maximum atomic E-state index is 11.5. The van der Waals surface area contributed by atoms with E-state index in [1.165, 1.54) is 0 Å². The summed E-state index contributed by atoms with van der Waals surface area (Å²) in [6.45, 7) is 2.92. The standard InChI is InChI=1S/C11H13NO2.ClH/c1-2-14-11(13)9-7-12-10-6-4-3-5-8(9)10;/h3-6,9,12H,2,7H2,1H3;1H. The van der Waals surface area contributed by atoms with Gasteiger partial charge in [-0.25, -0.2) is 0 Å². The smallest absolute Gasteiger partial charge is 0.315 e. The number of hydrogen-bond acceptors (Lipinski definition) is 3. The molecule has 0 aliphatic carbocycles. The van der Waals surface area contributed by atoms with Gasteiger partial charge in [0, 0.05) is 12.2 Å². The van der Waals surface area contributed by atoms with Gasteiger partial charge in [-0.05, 0) is 18.6 Å². The van der Waals surface area contributed by atoms with Crippen LogP contribution in [0.4, 0.5) is 5.69 Å². The van der Waals surface area contributed by atoms with Crippen LogP contribution in [-0.2, 0) is 9.53 Å². The number of nitrogens with one attached hydrogen (secondary N) is 1. The third-order valence-corrected chi connectivity index (χ3v) is 2.40. The minimum atomic E-state index is -0.134. The second-order valence-electron chi connectivity index (χ2n) is 3.27. The van der Waals surface area contributed by atoms with E-state index in [2.05, 4.69) is 5.32 Å². The summed E-state index contributed by atoms with van der Waals surface area (Å²) >= 11 is 0. The molecule has 0 saturated carbocycles. The Morgan fingerprint density at radius 3 is 3.00 bits per heavy atom. The predicted octanol–water partition coefficient (Wildman–Crippen LogP) is 2.18. The fraction of sp³-hybridized carbons (Fsp3) is 0.364. The van der Waals surface area contributed by atoms with E-state index in [0.717, 1.165) is 11.3 Å². The van der Waals surface area contributed by atoms with E-state index in [0.29, 0.717) is 13.2 Å². The molecule has 1 atom stereocenters. The molecule has 3 nitrogen and oxygen atoms in total. The number of hydrogen-bond donors (Lipinski definition) is 1. The first-order valence-corrected chi connectivity index (χ1v) is 4.82. The zero-order valence-electron chi connectivity index (χ0n) is 8.53. The third kappa shape index (κ3) is 2.23. The number of anilines is 1. The molecular weight excluding hydrogens is 214 g/mol. The highest BCUT2D eigenvalue weighted by Gasteiger charge is 2.28. The highest BCUT2D eigenvalue weighted by Crippen LogP contribution is 2.31. The number of esters is 1. The number of para-hydroxylation sites is 1. The SMILES string of the molecule is CCOC(=O)C1CNc2ccccc21.Cl. The van der Waals surface area contributed by atoms with Gasteiger partial charge in [0.15, 0.2) is 0 Å². The number of carbonyl (C=O) groups is 1. The highest BCUT2D eigenvalue weighted by atomic mass is 35.5. The van der Waals surface area contributed by atoms with Crippen molar-refractivity contribution >= 4 is 24.1 Å².